The van der Waals surface area contributed by atoms with Crippen molar-refractivity contribution in [2.75, 3.05) is 18.4 Å². The van der Waals surface area contributed by atoms with Gasteiger partial charge in [-0.3, -0.25) is 9.59 Å². The zero-order valence-corrected chi connectivity index (χ0v) is 13.2. The van der Waals surface area contributed by atoms with Gasteiger partial charge < -0.3 is 16.0 Å². The SMILES string of the molecule is C=CCNC(=O)c1ccccc1NC(=O)CC1CCCN1.Cl. The molecule has 1 aliphatic heterocycles. The summed E-state index contributed by atoms with van der Waals surface area (Å²) in [4.78, 5) is 24.1. The molecule has 120 valence electrons. The summed E-state index contributed by atoms with van der Waals surface area (Å²) in [6.45, 7) is 4.93. The Morgan fingerprint density at radius 3 is 2.82 bits per heavy atom. The number of anilines is 1. The molecule has 0 radical (unpaired) electrons. The largest absolute Gasteiger partial charge is 0.349 e. The van der Waals surface area contributed by atoms with Crippen LogP contribution < -0.4 is 16.0 Å². The van der Waals surface area contributed by atoms with Crippen molar-refractivity contribution in [3.63, 3.8) is 0 Å². The maximum atomic E-state index is 12.1. The Hall–Kier alpha value is -1.85. The van der Waals surface area contributed by atoms with Crippen LogP contribution in [0.2, 0.25) is 0 Å². The van der Waals surface area contributed by atoms with Gasteiger partial charge in [0.15, 0.2) is 0 Å². The van der Waals surface area contributed by atoms with Gasteiger partial charge in [0.2, 0.25) is 5.91 Å². The highest BCUT2D eigenvalue weighted by atomic mass is 35.5. The van der Waals surface area contributed by atoms with Gasteiger partial charge in [-0.25, -0.2) is 0 Å². The molecule has 3 N–H and O–H groups in total. The smallest absolute Gasteiger partial charge is 0.253 e. The lowest BCUT2D eigenvalue weighted by atomic mass is 10.1. The van der Waals surface area contributed by atoms with Crippen molar-refractivity contribution >= 4 is 29.9 Å². The van der Waals surface area contributed by atoms with Crippen LogP contribution in [-0.2, 0) is 4.79 Å². The molecule has 5 nitrogen and oxygen atoms in total. The second-order valence-electron chi connectivity index (χ2n) is 5.09. The number of benzene rings is 1. The van der Waals surface area contributed by atoms with Crippen molar-refractivity contribution in [3.8, 4) is 0 Å². The third-order valence-electron chi connectivity index (χ3n) is 3.45. The van der Waals surface area contributed by atoms with Gasteiger partial charge in [0.05, 0.1) is 11.3 Å². The first kappa shape index (κ1) is 18.2. The summed E-state index contributed by atoms with van der Waals surface area (Å²) in [5.41, 5.74) is 1.01. The van der Waals surface area contributed by atoms with Crippen LogP contribution in [0.25, 0.3) is 0 Å². The van der Waals surface area contributed by atoms with E-state index in [2.05, 4.69) is 22.5 Å². The zero-order chi connectivity index (χ0) is 15.1. The molecule has 22 heavy (non-hydrogen) atoms. The Kier molecular flexibility index (Phi) is 7.63. The van der Waals surface area contributed by atoms with Crippen LogP contribution in [0.4, 0.5) is 5.69 Å². The quantitative estimate of drug-likeness (QED) is 0.702. The van der Waals surface area contributed by atoms with Crippen LogP contribution >= 0.6 is 12.4 Å². The first-order valence-corrected chi connectivity index (χ1v) is 7.22. The monoisotopic (exact) mass is 323 g/mol. The van der Waals surface area contributed by atoms with Gasteiger partial charge in [-0.1, -0.05) is 18.2 Å². The van der Waals surface area contributed by atoms with E-state index in [0.29, 0.717) is 24.2 Å². The Labute approximate surface area is 137 Å². The van der Waals surface area contributed by atoms with Crippen LogP contribution in [0.5, 0.6) is 0 Å². The lowest BCUT2D eigenvalue weighted by Gasteiger charge is -2.13. The van der Waals surface area contributed by atoms with Crippen molar-refractivity contribution in [1.82, 2.24) is 10.6 Å². The predicted molar refractivity (Wildman–Crippen MR) is 90.5 cm³/mol. The summed E-state index contributed by atoms with van der Waals surface area (Å²) in [5.74, 6) is -0.289. The van der Waals surface area contributed by atoms with Crippen LogP contribution in [-0.4, -0.2) is 30.9 Å². The Balaban J connectivity index is 0.00000242. The number of carbonyl (C=O) groups excluding carboxylic acids is 2. The summed E-state index contributed by atoms with van der Waals surface area (Å²) in [6, 6.07) is 7.25. The number of nitrogens with one attached hydrogen (secondary N) is 3. The van der Waals surface area contributed by atoms with Crippen molar-refractivity contribution in [3.05, 3.63) is 42.5 Å². The molecule has 1 heterocycles. The minimum absolute atomic E-state index is 0. The fraction of sp³-hybridized carbons (Fsp3) is 0.375. The van der Waals surface area contributed by atoms with E-state index < -0.39 is 0 Å². The molecule has 0 saturated carbocycles. The predicted octanol–water partition coefficient (Wildman–Crippen LogP) is 2.10. The second kappa shape index (κ2) is 9.23. The maximum Gasteiger partial charge on any atom is 0.253 e. The van der Waals surface area contributed by atoms with Gasteiger partial charge in [0, 0.05) is 19.0 Å². The molecule has 0 bridgehead atoms. The topological polar surface area (TPSA) is 70.2 Å². The molecule has 1 aromatic rings. The molecule has 1 saturated heterocycles. The van der Waals surface area contributed by atoms with E-state index in [1.54, 1.807) is 30.3 Å². The molecule has 1 atom stereocenters. The number of carbonyl (C=O) groups is 2. The Morgan fingerprint density at radius 1 is 1.36 bits per heavy atom. The van der Waals surface area contributed by atoms with Gasteiger partial charge in [0.1, 0.15) is 0 Å². The first-order chi connectivity index (χ1) is 10.2. The number of para-hydroxylation sites is 1. The molecular formula is C16H22ClN3O2. The number of hydrogen-bond donors (Lipinski definition) is 3. The lowest BCUT2D eigenvalue weighted by molar-refractivity contribution is -0.116. The van der Waals surface area contributed by atoms with Gasteiger partial charge in [-0.05, 0) is 31.5 Å². The van der Waals surface area contributed by atoms with Crippen molar-refractivity contribution in [2.24, 2.45) is 0 Å². The van der Waals surface area contributed by atoms with Gasteiger partial charge in [-0.2, -0.15) is 0 Å². The van der Waals surface area contributed by atoms with Gasteiger partial charge in [-0.15, -0.1) is 19.0 Å². The van der Waals surface area contributed by atoms with E-state index >= 15 is 0 Å². The van der Waals surface area contributed by atoms with E-state index in [1.807, 2.05) is 0 Å². The molecule has 2 amide bonds. The summed E-state index contributed by atoms with van der Waals surface area (Å²) in [6.07, 6.45) is 4.18. The highest BCUT2D eigenvalue weighted by molar-refractivity contribution is 6.03. The number of rotatable bonds is 6. The number of amides is 2. The number of halogens is 1. The lowest BCUT2D eigenvalue weighted by Crippen LogP contribution is -2.29. The molecule has 6 heteroatoms. The minimum atomic E-state index is -0.218. The maximum absolute atomic E-state index is 12.1. The summed E-state index contributed by atoms with van der Waals surface area (Å²) >= 11 is 0. The Bertz CT molecular complexity index is 528. The van der Waals surface area contributed by atoms with Crippen LogP contribution in [0.1, 0.15) is 29.6 Å². The van der Waals surface area contributed by atoms with E-state index in [9.17, 15) is 9.59 Å². The van der Waals surface area contributed by atoms with Crippen molar-refractivity contribution in [2.45, 2.75) is 25.3 Å². The summed E-state index contributed by atoms with van der Waals surface area (Å²) in [5, 5.41) is 8.83. The standard InChI is InChI=1S/C16H21N3O2.ClH/c1-2-9-18-16(21)13-7-3-4-8-14(13)19-15(20)11-12-6-5-10-17-12;/h2-4,7-8,12,17H,1,5-6,9-11H2,(H,18,21)(H,19,20);1H. The average molecular weight is 324 g/mol. The van der Waals surface area contributed by atoms with E-state index in [1.165, 1.54) is 0 Å². The summed E-state index contributed by atoms with van der Waals surface area (Å²) < 4.78 is 0. The Morgan fingerprint density at radius 2 is 2.14 bits per heavy atom. The zero-order valence-electron chi connectivity index (χ0n) is 12.4. The van der Waals surface area contributed by atoms with Crippen LogP contribution in [0.15, 0.2) is 36.9 Å². The normalized spacial score (nSPS) is 16.5. The summed E-state index contributed by atoms with van der Waals surface area (Å²) in [7, 11) is 0. The van der Waals surface area contributed by atoms with Crippen molar-refractivity contribution in [1.29, 1.82) is 0 Å². The van der Waals surface area contributed by atoms with Crippen LogP contribution in [0.3, 0.4) is 0 Å². The highest BCUT2D eigenvalue weighted by Gasteiger charge is 2.19. The highest BCUT2D eigenvalue weighted by Crippen LogP contribution is 2.16. The van der Waals surface area contributed by atoms with Crippen molar-refractivity contribution < 1.29 is 9.59 Å². The molecule has 0 aromatic heterocycles. The molecule has 1 unspecified atom stereocenters. The third-order valence-corrected chi connectivity index (χ3v) is 3.45. The number of hydrogen-bond acceptors (Lipinski definition) is 3. The molecule has 0 spiro atoms. The molecule has 0 aliphatic carbocycles. The first-order valence-electron chi connectivity index (χ1n) is 7.22. The molecule has 1 aliphatic rings. The fourth-order valence-electron chi connectivity index (χ4n) is 2.41. The van der Waals surface area contributed by atoms with Gasteiger partial charge in [0.25, 0.3) is 5.91 Å². The molecule has 1 fully saturated rings. The van der Waals surface area contributed by atoms with E-state index in [-0.39, 0.29) is 30.3 Å². The third kappa shape index (κ3) is 5.16. The molecule has 2 rings (SSSR count). The van der Waals surface area contributed by atoms with Crippen LogP contribution in [0, 0.1) is 0 Å². The molecular weight excluding hydrogens is 302 g/mol. The van der Waals surface area contributed by atoms with E-state index in [0.717, 1.165) is 19.4 Å². The second-order valence-corrected chi connectivity index (χ2v) is 5.09. The fourth-order valence-corrected chi connectivity index (χ4v) is 2.41. The van der Waals surface area contributed by atoms with E-state index in [4.69, 9.17) is 0 Å². The minimum Gasteiger partial charge on any atom is -0.349 e. The van der Waals surface area contributed by atoms with Gasteiger partial charge >= 0.3 is 0 Å². The average Bonchev–Trinajstić information content (AvgIpc) is 2.98. The molecule has 1 aromatic carbocycles.